The number of likely N-dealkylation sites (N-methyl/N-ethyl adjacent to an activating group) is 1. The molecule has 0 aromatic rings. The number of nitrogens with one attached hydrogen (secondary N) is 1. The van der Waals surface area contributed by atoms with Crippen LogP contribution in [0.5, 0.6) is 0 Å². The predicted molar refractivity (Wildman–Crippen MR) is 53.4 cm³/mol. The molecule has 1 aliphatic heterocycles. The van der Waals surface area contributed by atoms with E-state index < -0.39 is 0 Å². The van der Waals surface area contributed by atoms with Crippen LogP contribution in [0.4, 0.5) is 0 Å². The molecular formula is C10H22N2. The number of rotatable bonds is 4. The summed E-state index contributed by atoms with van der Waals surface area (Å²) in [6.45, 7) is 11.7. The lowest BCUT2D eigenvalue weighted by Gasteiger charge is -2.29. The summed E-state index contributed by atoms with van der Waals surface area (Å²) in [6.07, 6.45) is 1.27. The fourth-order valence-electron chi connectivity index (χ4n) is 2.13. The summed E-state index contributed by atoms with van der Waals surface area (Å²) in [5, 5.41) is 3.45. The zero-order chi connectivity index (χ0) is 8.97. The smallest absolute Gasteiger partial charge is 0.0258 e. The minimum atomic E-state index is 0.787. The largest absolute Gasteiger partial charge is 0.315 e. The molecule has 1 aliphatic rings. The molecule has 0 aromatic heterocycles. The Morgan fingerprint density at radius 1 is 1.33 bits per heavy atom. The van der Waals surface area contributed by atoms with Crippen LogP contribution in [0, 0.1) is 5.92 Å². The number of hydrogen-bond acceptors (Lipinski definition) is 2. The zero-order valence-electron chi connectivity index (χ0n) is 8.64. The van der Waals surface area contributed by atoms with Crippen LogP contribution in [-0.4, -0.2) is 37.1 Å². The van der Waals surface area contributed by atoms with Gasteiger partial charge in [0.2, 0.25) is 0 Å². The molecule has 1 heterocycles. The lowest BCUT2D eigenvalue weighted by atomic mass is 10.0. The Kier molecular flexibility index (Phi) is 4.02. The van der Waals surface area contributed by atoms with Crippen molar-refractivity contribution in [2.45, 2.75) is 33.2 Å². The van der Waals surface area contributed by atoms with Crippen molar-refractivity contribution in [3.8, 4) is 0 Å². The van der Waals surface area contributed by atoms with E-state index in [1.54, 1.807) is 0 Å². The molecule has 1 fully saturated rings. The second kappa shape index (κ2) is 4.83. The first-order valence-corrected chi connectivity index (χ1v) is 5.24. The Morgan fingerprint density at radius 3 is 2.50 bits per heavy atom. The molecule has 1 N–H and O–H groups in total. The highest BCUT2D eigenvalue weighted by atomic mass is 15.2. The SMILES string of the molecule is CCCN(CC)C1CNCC1C. The first-order valence-electron chi connectivity index (χ1n) is 5.24. The van der Waals surface area contributed by atoms with Gasteiger partial charge in [0, 0.05) is 12.6 Å². The summed E-state index contributed by atoms with van der Waals surface area (Å²) < 4.78 is 0. The van der Waals surface area contributed by atoms with Crippen LogP contribution in [0.15, 0.2) is 0 Å². The molecular weight excluding hydrogens is 148 g/mol. The summed E-state index contributed by atoms with van der Waals surface area (Å²) in [7, 11) is 0. The molecule has 2 atom stereocenters. The summed E-state index contributed by atoms with van der Waals surface area (Å²) in [4.78, 5) is 2.60. The van der Waals surface area contributed by atoms with Crippen molar-refractivity contribution in [2.24, 2.45) is 5.92 Å². The molecule has 0 amide bonds. The van der Waals surface area contributed by atoms with Crippen LogP contribution in [-0.2, 0) is 0 Å². The standard InChI is InChI=1S/C10H22N2/c1-4-6-12(5-2)10-8-11-7-9(10)3/h9-11H,4-8H2,1-3H3. The monoisotopic (exact) mass is 170 g/mol. The van der Waals surface area contributed by atoms with Gasteiger partial charge in [-0.1, -0.05) is 20.8 Å². The van der Waals surface area contributed by atoms with E-state index in [-0.39, 0.29) is 0 Å². The second-order valence-electron chi connectivity index (χ2n) is 3.83. The van der Waals surface area contributed by atoms with Gasteiger partial charge in [0.1, 0.15) is 0 Å². The van der Waals surface area contributed by atoms with Crippen LogP contribution in [0.25, 0.3) is 0 Å². The van der Waals surface area contributed by atoms with E-state index in [0.717, 1.165) is 12.0 Å². The van der Waals surface area contributed by atoms with Gasteiger partial charge in [0.05, 0.1) is 0 Å². The lowest BCUT2D eigenvalue weighted by molar-refractivity contribution is 0.187. The lowest BCUT2D eigenvalue weighted by Crippen LogP contribution is -2.40. The van der Waals surface area contributed by atoms with Gasteiger partial charge in [-0.3, -0.25) is 4.90 Å². The molecule has 0 bridgehead atoms. The minimum Gasteiger partial charge on any atom is -0.315 e. The highest BCUT2D eigenvalue weighted by molar-refractivity contribution is 4.85. The van der Waals surface area contributed by atoms with E-state index >= 15 is 0 Å². The molecule has 2 heteroatoms. The van der Waals surface area contributed by atoms with Gasteiger partial charge in [0.25, 0.3) is 0 Å². The number of hydrogen-bond donors (Lipinski definition) is 1. The molecule has 2 nitrogen and oxygen atoms in total. The van der Waals surface area contributed by atoms with Gasteiger partial charge >= 0.3 is 0 Å². The molecule has 0 saturated carbocycles. The summed E-state index contributed by atoms with van der Waals surface area (Å²) in [6, 6.07) is 0.787. The fourth-order valence-corrected chi connectivity index (χ4v) is 2.13. The van der Waals surface area contributed by atoms with Gasteiger partial charge in [-0.05, 0) is 32.0 Å². The maximum atomic E-state index is 3.45. The second-order valence-corrected chi connectivity index (χ2v) is 3.83. The molecule has 1 rings (SSSR count). The van der Waals surface area contributed by atoms with Crippen LogP contribution in [0.1, 0.15) is 27.2 Å². The van der Waals surface area contributed by atoms with Crippen LogP contribution in [0.2, 0.25) is 0 Å². The minimum absolute atomic E-state index is 0.787. The molecule has 0 radical (unpaired) electrons. The maximum Gasteiger partial charge on any atom is 0.0258 e. The normalized spacial score (nSPS) is 30.0. The van der Waals surface area contributed by atoms with E-state index in [9.17, 15) is 0 Å². The van der Waals surface area contributed by atoms with E-state index in [0.29, 0.717) is 0 Å². The van der Waals surface area contributed by atoms with E-state index in [4.69, 9.17) is 0 Å². The van der Waals surface area contributed by atoms with Crippen LogP contribution < -0.4 is 5.32 Å². The Balaban J connectivity index is 2.41. The van der Waals surface area contributed by atoms with Crippen molar-refractivity contribution >= 4 is 0 Å². The van der Waals surface area contributed by atoms with Crippen molar-refractivity contribution in [3.05, 3.63) is 0 Å². The molecule has 1 saturated heterocycles. The molecule has 2 unspecified atom stereocenters. The quantitative estimate of drug-likeness (QED) is 0.684. The average Bonchev–Trinajstić information content (AvgIpc) is 2.47. The Bertz CT molecular complexity index is 125. The molecule has 0 aromatic carbocycles. The molecule has 72 valence electrons. The Morgan fingerprint density at radius 2 is 2.08 bits per heavy atom. The maximum absolute atomic E-state index is 3.45. The first-order chi connectivity index (χ1) is 5.79. The van der Waals surface area contributed by atoms with Gasteiger partial charge in [-0.2, -0.15) is 0 Å². The van der Waals surface area contributed by atoms with E-state index in [1.165, 1.54) is 32.6 Å². The summed E-state index contributed by atoms with van der Waals surface area (Å²) in [5.41, 5.74) is 0. The van der Waals surface area contributed by atoms with Gasteiger partial charge in [-0.25, -0.2) is 0 Å². The highest BCUT2D eigenvalue weighted by Crippen LogP contribution is 2.14. The molecule has 0 spiro atoms. The third kappa shape index (κ3) is 2.20. The van der Waals surface area contributed by atoms with Gasteiger partial charge < -0.3 is 5.32 Å². The summed E-state index contributed by atoms with van der Waals surface area (Å²) in [5.74, 6) is 0.830. The van der Waals surface area contributed by atoms with Gasteiger partial charge in [-0.15, -0.1) is 0 Å². The molecule has 0 aliphatic carbocycles. The Labute approximate surface area is 76.3 Å². The van der Waals surface area contributed by atoms with Crippen molar-refractivity contribution < 1.29 is 0 Å². The predicted octanol–water partition coefficient (Wildman–Crippen LogP) is 1.33. The number of nitrogens with zero attached hydrogens (tertiary/aromatic N) is 1. The van der Waals surface area contributed by atoms with Crippen LogP contribution in [0.3, 0.4) is 0 Å². The third-order valence-corrected chi connectivity index (χ3v) is 2.86. The van der Waals surface area contributed by atoms with Crippen molar-refractivity contribution in [1.29, 1.82) is 0 Å². The third-order valence-electron chi connectivity index (χ3n) is 2.86. The van der Waals surface area contributed by atoms with E-state index in [2.05, 4.69) is 31.0 Å². The fraction of sp³-hybridized carbons (Fsp3) is 1.00. The molecule has 12 heavy (non-hydrogen) atoms. The summed E-state index contributed by atoms with van der Waals surface area (Å²) >= 11 is 0. The first kappa shape index (κ1) is 10.0. The van der Waals surface area contributed by atoms with E-state index in [1.807, 2.05) is 0 Å². The Hall–Kier alpha value is -0.0800. The van der Waals surface area contributed by atoms with Crippen molar-refractivity contribution in [1.82, 2.24) is 10.2 Å². The highest BCUT2D eigenvalue weighted by Gasteiger charge is 2.26. The van der Waals surface area contributed by atoms with Crippen LogP contribution >= 0.6 is 0 Å². The average molecular weight is 170 g/mol. The van der Waals surface area contributed by atoms with Crippen molar-refractivity contribution in [3.63, 3.8) is 0 Å². The van der Waals surface area contributed by atoms with Gasteiger partial charge in [0.15, 0.2) is 0 Å². The zero-order valence-corrected chi connectivity index (χ0v) is 8.64. The topological polar surface area (TPSA) is 15.3 Å². The van der Waals surface area contributed by atoms with Crippen molar-refractivity contribution in [2.75, 3.05) is 26.2 Å².